The maximum absolute atomic E-state index is 11.1. The second-order valence-electron chi connectivity index (χ2n) is 4.60. The first-order valence-electron chi connectivity index (χ1n) is 5.70. The molecule has 2 atom stereocenters. The number of rotatable bonds is 2. The van der Waals surface area contributed by atoms with Crippen LogP contribution in [-0.4, -0.2) is 24.2 Å². The molecule has 2 unspecified atom stereocenters. The molecule has 1 aliphatic rings. The molecule has 1 aromatic rings. The minimum absolute atomic E-state index is 0.130. The summed E-state index contributed by atoms with van der Waals surface area (Å²) >= 11 is 3.43. The van der Waals surface area contributed by atoms with Crippen molar-refractivity contribution in [2.24, 2.45) is 11.8 Å². The highest BCUT2D eigenvalue weighted by Gasteiger charge is 2.35. The Morgan fingerprint density at radius 1 is 1.56 bits per heavy atom. The van der Waals surface area contributed by atoms with Gasteiger partial charge < -0.3 is 10.0 Å². The molecule has 0 bridgehead atoms. The van der Waals surface area contributed by atoms with E-state index in [0.29, 0.717) is 12.1 Å². The minimum atomic E-state index is -0.741. The van der Waals surface area contributed by atoms with Crippen LogP contribution in [-0.2, 0) is 4.79 Å². The zero-order chi connectivity index (χ0) is 13.3. The lowest BCUT2D eigenvalue weighted by molar-refractivity contribution is -0.142. The molecule has 94 valence electrons. The number of hydrogen-bond acceptors (Lipinski definition) is 3. The third-order valence-corrected chi connectivity index (χ3v) is 3.98. The van der Waals surface area contributed by atoms with Gasteiger partial charge in [-0.2, -0.15) is 5.26 Å². The molecular formula is C13H13BrN2O2. The van der Waals surface area contributed by atoms with Crippen LogP contribution >= 0.6 is 15.9 Å². The Balaban J connectivity index is 2.24. The number of nitrogens with zero attached hydrogens (tertiary/aromatic N) is 2. The zero-order valence-electron chi connectivity index (χ0n) is 9.93. The SMILES string of the molecule is CC1CN(c2ccc(C#N)cc2Br)CC1C(=O)O. The van der Waals surface area contributed by atoms with Crippen molar-refractivity contribution in [2.75, 3.05) is 18.0 Å². The number of carbonyl (C=O) groups is 1. The average Bonchev–Trinajstić information content (AvgIpc) is 2.71. The molecule has 0 spiro atoms. The van der Waals surface area contributed by atoms with E-state index in [2.05, 4.69) is 26.9 Å². The molecule has 0 radical (unpaired) electrons. The third-order valence-electron chi connectivity index (χ3n) is 3.35. The molecule has 0 amide bonds. The van der Waals surface area contributed by atoms with E-state index in [1.807, 2.05) is 13.0 Å². The first kappa shape index (κ1) is 12.9. The minimum Gasteiger partial charge on any atom is -0.481 e. The molecule has 1 heterocycles. The standard InChI is InChI=1S/C13H13BrN2O2/c1-8-6-16(7-10(8)13(17)18)12-3-2-9(5-15)4-11(12)14/h2-4,8,10H,6-7H2,1H3,(H,17,18). The van der Waals surface area contributed by atoms with Crippen LogP contribution in [0, 0.1) is 23.2 Å². The summed E-state index contributed by atoms with van der Waals surface area (Å²) in [6.07, 6.45) is 0. The molecule has 1 aromatic carbocycles. The highest BCUT2D eigenvalue weighted by atomic mass is 79.9. The lowest BCUT2D eigenvalue weighted by atomic mass is 9.99. The Hall–Kier alpha value is -1.54. The first-order valence-corrected chi connectivity index (χ1v) is 6.49. The van der Waals surface area contributed by atoms with Gasteiger partial charge in [0.15, 0.2) is 0 Å². The lowest BCUT2D eigenvalue weighted by Gasteiger charge is -2.19. The highest BCUT2D eigenvalue weighted by molar-refractivity contribution is 9.10. The number of carboxylic acids is 1. The maximum Gasteiger partial charge on any atom is 0.308 e. The van der Waals surface area contributed by atoms with Gasteiger partial charge in [-0.25, -0.2) is 0 Å². The molecule has 5 heteroatoms. The maximum atomic E-state index is 11.1. The smallest absolute Gasteiger partial charge is 0.308 e. The zero-order valence-corrected chi connectivity index (χ0v) is 11.5. The van der Waals surface area contributed by atoms with Crippen molar-refractivity contribution in [3.05, 3.63) is 28.2 Å². The predicted molar refractivity (Wildman–Crippen MR) is 71.4 cm³/mol. The second kappa shape index (κ2) is 4.99. The highest BCUT2D eigenvalue weighted by Crippen LogP contribution is 2.33. The molecule has 0 aliphatic carbocycles. The van der Waals surface area contributed by atoms with Gasteiger partial charge >= 0.3 is 5.97 Å². The molecule has 18 heavy (non-hydrogen) atoms. The van der Waals surface area contributed by atoms with Crippen LogP contribution in [0.2, 0.25) is 0 Å². The molecule has 1 saturated heterocycles. The Bertz CT molecular complexity index is 524. The number of carboxylic acid groups (broad SMARTS) is 1. The molecule has 0 aromatic heterocycles. The van der Waals surface area contributed by atoms with Gasteiger partial charge in [0.2, 0.25) is 0 Å². The Morgan fingerprint density at radius 3 is 2.78 bits per heavy atom. The number of anilines is 1. The quantitative estimate of drug-likeness (QED) is 0.911. The largest absolute Gasteiger partial charge is 0.481 e. The number of halogens is 1. The van der Waals surface area contributed by atoms with Crippen LogP contribution < -0.4 is 4.90 Å². The van der Waals surface area contributed by atoms with E-state index in [1.165, 1.54) is 0 Å². The molecule has 1 fully saturated rings. The fourth-order valence-corrected chi connectivity index (χ4v) is 2.95. The van der Waals surface area contributed by atoms with E-state index in [0.717, 1.165) is 16.7 Å². The Kier molecular flexibility index (Phi) is 3.58. The normalized spacial score (nSPS) is 22.8. The molecule has 2 rings (SSSR count). The van der Waals surface area contributed by atoms with Gasteiger partial charge in [-0.3, -0.25) is 4.79 Å². The van der Waals surface area contributed by atoms with Crippen molar-refractivity contribution in [1.82, 2.24) is 0 Å². The van der Waals surface area contributed by atoms with Crippen LogP contribution in [0.25, 0.3) is 0 Å². The molecule has 1 N–H and O–H groups in total. The second-order valence-corrected chi connectivity index (χ2v) is 5.46. The van der Waals surface area contributed by atoms with Crippen LogP contribution in [0.4, 0.5) is 5.69 Å². The number of nitriles is 1. The van der Waals surface area contributed by atoms with Crippen molar-refractivity contribution >= 4 is 27.6 Å². The van der Waals surface area contributed by atoms with E-state index in [4.69, 9.17) is 10.4 Å². The molecule has 0 saturated carbocycles. The first-order chi connectivity index (χ1) is 8.52. The van der Waals surface area contributed by atoms with E-state index in [-0.39, 0.29) is 11.8 Å². The van der Waals surface area contributed by atoms with E-state index in [1.54, 1.807) is 12.1 Å². The van der Waals surface area contributed by atoms with E-state index >= 15 is 0 Å². The van der Waals surface area contributed by atoms with Crippen molar-refractivity contribution in [2.45, 2.75) is 6.92 Å². The number of benzene rings is 1. The summed E-state index contributed by atoms with van der Waals surface area (Å²) < 4.78 is 0.833. The Morgan fingerprint density at radius 2 is 2.28 bits per heavy atom. The number of hydrogen-bond donors (Lipinski definition) is 1. The topological polar surface area (TPSA) is 64.3 Å². The van der Waals surface area contributed by atoms with Crippen LogP contribution in [0.5, 0.6) is 0 Å². The summed E-state index contributed by atoms with van der Waals surface area (Å²) in [5, 5.41) is 17.9. The summed E-state index contributed by atoms with van der Waals surface area (Å²) in [5.41, 5.74) is 1.54. The monoisotopic (exact) mass is 308 g/mol. The van der Waals surface area contributed by atoms with Crippen molar-refractivity contribution in [1.29, 1.82) is 5.26 Å². The van der Waals surface area contributed by atoms with Gasteiger partial charge in [0.25, 0.3) is 0 Å². The summed E-state index contributed by atoms with van der Waals surface area (Å²) in [6.45, 7) is 3.19. The number of aliphatic carboxylic acids is 1. The van der Waals surface area contributed by atoms with Gasteiger partial charge in [0.1, 0.15) is 0 Å². The molecule has 1 aliphatic heterocycles. The average molecular weight is 309 g/mol. The predicted octanol–water partition coefficient (Wildman–Crippen LogP) is 2.48. The van der Waals surface area contributed by atoms with Crippen LogP contribution in [0.15, 0.2) is 22.7 Å². The van der Waals surface area contributed by atoms with Gasteiger partial charge in [0.05, 0.1) is 23.2 Å². The van der Waals surface area contributed by atoms with Gasteiger partial charge in [-0.05, 0) is 40.0 Å². The van der Waals surface area contributed by atoms with Gasteiger partial charge in [-0.1, -0.05) is 6.92 Å². The summed E-state index contributed by atoms with van der Waals surface area (Å²) in [6, 6.07) is 7.45. The van der Waals surface area contributed by atoms with Crippen LogP contribution in [0.1, 0.15) is 12.5 Å². The summed E-state index contributed by atoms with van der Waals surface area (Å²) in [4.78, 5) is 13.1. The van der Waals surface area contributed by atoms with Gasteiger partial charge in [-0.15, -0.1) is 0 Å². The summed E-state index contributed by atoms with van der Waals surface area (Å²) in [7, 11) is 0. The van der Waals surface area contributed by atoms with Crippen molar-refractivity contribution < 1.29 is 9.90 Å². The molecule has 4 nitrogen and oxygen atoms in total. The van der Waals surface area contributed by atoms with Gasteiger partial charge in [0, 0.05) is 17.6 Å². The van der Waals surface area contributed by atoms with Crippen molar-refractivity contribution in [3.8, 4) is 6.07 Å². The van der Waals surface area contributed by atoms with E-state index < -0.39 is 5.97 Å². The third kappa shape index (κ3) is 2.34. The van der Waals surface area contributed by atoms with Crippen molar-refractivity contribution in [3.63, 3.8) is 0 Å². The van der Waals surface area contributed by atoms with Crippen LogP contribution in [0.3, 0.4) is 0 Å². The fraction of sp³-hybridized carbons (Fsp3) is 0.385. The molecular weight excluding hydrogens is 296 g/mol. The Labute approximate surface area is 114 Å². The van der Waals surface area contributed by atoms with E-state index in [9.17, 15) is 4.79 Å². The lowest BCUT2D eigenvalue weighted by Crippen LogP contribution is -2.23. The fourth-order valence-electron chi connectivity index (χ4n) is 2.32. The summed E-state index contributed by atoms with van der Waals surface area (Å²) in [5.74, 6) is -0.938.